The number of hydrogen-bond donors (Lipinski definition) is 2. The lowest BCUT2D eigenvalue weighted by atomic mass is 9.75. The van der Waals surface area contributed by atoms with Gasteiger partial charge in [-0.15, -0.1) is 0 Å². The Labute approximate surface area is 228 Å². The van der Waals surface area contributed by atoms with Crippen LogP contribution in [-0.4, -0.2) is 46.1 Å². The Morgan fingerprint density at radius 3 is 1.92 bits per heavy atom. The Balaban J connectivity index is 1.69. The molecule has 8 nitrogen and oxygen atoms in total. The fourth-order valence-electron chi connectivity index (χ4n) is 5.53. The van der Waals surface area contributed by atoms with Crippen molar-refractivity contribution >= 4 is 11.7 Å². The molecule has 39 heavy (non-hydrogen) atoms. The zero-order valence-corrected chi connectivity index (χ0v) is 22.2. The van der Waals surface area contributed by atoms with E-state index in [1.165, 1.54) is 11.5 Å². The summed E-state index contributed by atoms with van der Waals surface area (Å²) in [6, 6.07) is 31.2. The van der Waals surface area contributed by atoms with Crippen LogP contribution in [-0.2, 0) is 15.1 Å². The number of nitrogens with one attached hydrogen (secondary N) is 1. The summed E-state index contributed by atoms with van der Waals surface area (Å²) in [5.74, 6) is -0.0385. The van der Waals surface area contributed by atoms with Gasteiger partial charge < -0.3 is 15.8 Å². The molecule has 1 aliphatic heterocycles. The molecule has 1 fully saturated rings. The zero-order valence-electron chi connectivity index (χ0n) is 22.2. The number of morpholine rings is 1. The fourth-order valence-corrected chi connectivity index (χ4v) is 5.53. The van der Waals surface area contributed by atoms with Crippen molar-refractivity contribution in [1.82, 2.24) is 14.5 Å². The first kappa shape index (κ1) is 26.5. The van der Waals surface area contributed by atoms with E-state index in [-0.39, 0.29) is 24.4 Å². The normalized spacial score (nSPS) is 18.0. The zero-order chi connectivity index (χ0) is 27.4. The van der Waals surface area contributed by atoms with Gasteiger partial charge in [0.1, 0.15) is 5.82 Å². The number of rotatable bonds is 7. The Kier molecular flexibility index (Phi) is 7.70. The minimum Gasteiger partial charge on any atom is -0.351 e. The van der Waals surface area contributed by atoms with Crippen LogP contribution in [0.1, 0.15) is 35.4 Å². The van der Waals surface area contributed by atoms with Gasteiger partial charge in [0, 0.05) is 38.3 Å². The maximum Gasteiger partial charge on any atom is 0.351 e. The van der Waals surface area contributed by atoms with E-state index in [0.29, 0.717) is 18.7 Å². The number of aromatic nitrogens is 2. The van der Waals surface area contributed by atoms with Crippen LogP contribution in [0.5, 0.6) is 0 Å². The van der Waals surface area contributed by atoms with Crippen molar-refractivity contribution in [2.75, 3.05) is 25.0 Å². The molecule has 8 heteroatoms. The maximum atomic E-state index is 13.2. The van der Waals surface area contributed by atoms with Gasteiger partial charge in [0.2, 0.25) is 5.91 Å². The van der Waals surface area contributed by atoms with Crippen molar-refractivity contribution in [3.8, 4) is 0 Å². The Morgan fingerprint density at radius 2 is 1.46 bits per heavy atom. The van der Waals surface area contributed by atoms with Gasteiger partial charge in [0.05, 0.1) is 11.6 Å². The van der Waals surface area contributed by atoms with Gasteiger partial charge in [0.25, 0.3) is 0 Å². The number of nitrogens with two attached hydrogens (primary N) is 1. The highest BCUT2D eigenvalue weighted by Crippen LogP contribution is 2.44. The van der Waals surface area contributed by atoms with E-state index in [0.717, 1.165) is 16.7 Å². The number of ether oxygens (including phenoxy) is 1. The third-order valence-electron chi connectivity index (χ3n) is 7.20. The van der Waals surface area contributed by atoms with E-state index in [4.69, 9.17) is 10.5 Å². The van der Waals surface area contributed by atoms with Gasteiger partial charge in [-0.3, -0.25) is 14.3 Å². The van der Waals surface area contributed by atoms with Crippen molar-refractivity contribution < 1.29 is 9.53 Å². The first-order chi connectivity index (χ1) is 18.9. The van der Waals surface area contributed by atoms with Crippen LogP contribution in [0, 0.1) is 6.92 Å². The highest BCUT2D eigenvalue weighted by molar-refractivity contribution is 5.88. The SMILES string of the molecule is CC(=O)Nc1nc(=O)n(C2CN(C(c3ccccc3)(c3ccccc3)c3ccccc3)CC(CN)O2)cc1C. The van der Waals surface area contributed by atoms with E-state index in [2.05, 4.69) is 51.6 Å². The van der Waals surface area contributed by atoms with Gasteiger partial charge in [-0.1, -0.05) is 91.0 Å². The molecule has 5 rings (SSSR count). The number of anilines is 1. The van der Waals surface area contributed by atoms with Crippen LogP contribution in [0.25, 0.3) is 0 Å². The Hall–Kier alpha value is -4.11. The molecule has 1 saturated heterocycles. The van der Waals surface area contributed by atoms with Gasteiger partial charge in [0.15, 0.2) is 6.23 Å². The third kappa shape index (κ3) is 5.14. The molecular formula is C31H33N5O3. The van der Waals surface area contributed by atoms with E-state index in [1.54, 1.807) is 13.1 Å². The summed E-state index contributed by atoms with van der Waals surface area (Å²) in [5.41, 5.74) is 8.99. The van der Waals surface area contributed by atoms with Crippen molar-refractivity contribution in [3.63, 3.8) is 0 Å². The molecule has 0 aliphatic carbocycles. The highest BCUT2D eigenvalue weighted by atomic mass is 16.5. The first-order valence-electron chi connectivity index (χ1n) is 13.1. The lowest BCUT2D eigenvalue weighted by Gasteiger charge is -2.50. The topological polar surface area (TPSA) is 102 Å². The summed E-state index contributed by atoms with van der Waals surface area (Å²) in [5, 5.41) is 2.63. The molecule has 0 spiro atoms. The minimum atomic E-state index is -0.679. The van der Waals surface area contributed by atoms with E-state index >= 15 is 0 Å². The molecule has 0 radical (unpaired) electrons. The van der Waals surface area contributed by atoms with Crippen LogP contribution in [0.3, 0.4) is 0 Å². The summed E-state index contributed by atoms with van der Waals surface area (Å²) in [4.78, 5) is 31.3. The summed E-state index contributed by atoms with van der Waals surface area (Å²) in [7, 11) is 0. The smallest absolute Gasteiger partial charge is 0.351 e. The Bertz CT molecular complexity index is 1380. The molecule has 2 heterocycles. The molecule has 0 bridgehead atoms. The molecule has 1 aromatic heterocycles. The van der Waals surface area contributed by atoms with Crippen LogP contribution in [0.2, 0.25) is 0 Å². The molecule has 2 unspecified atom stereocenters. The molecular weight excluding hydrogens is 490 g/mol. The van der Waals surface area contributed by atoms with Crippen molar-refractivity contribution in [1.29, 1.82) is 0 Å². The Morgan fingerprint density at radius 1 is 0.949 bits per heavy atom. The van der Waals surface area contributed by atoms with Crippen molar-refractivity contribution in [2.24, 2.45) is 5.73 Å². The molecule has 1 aliphatic rings. The summed E-state index contributed by atoms with van der Waals surface area (Å²) >= 11 is 0. The summed E-state index contributed by atoms with van der Waals surface area (Å²) in [6.07, 6.45) is 0.715. The standard InChI is InChI=1S/C31H33N5O3/c1-22-19-36(30(38)34-29(22)33-23(2)37)28-21-35(20-27(18-32)39-28)31(24-12-6-3-7-13-24,25-14-8-4-9-15-25)26-16-10-5-11-17-26/h3-17,19,27-28H,18,20-21,32H2,1-2H3,(H,33,34,37,38). The van der Waals surface area contributed by atoms with Crippen LogP contribution in [0.15, 0.2) is 102 Å². The van der Waals surface area contributed by atoms with E-state index < -0.39 is 17.5 Å². The van der Waals surface area contributed by atoms with Gasteiger partial charge in [-0.05, 0) is 23.6 Å². The highest BCUT2D eigenvalue weighted by Gasteiger charge is 2.46. The van der Waals surface area contributed by atoms with Gasteiger partial charge in [-0.25, -0.2) is 4.79 Å². The molecule has 3 N–H and O–H groups in total. The monoisotopic (exact) mass is 523 g/mol. The lowest BCUT2D eigenvalue weighted by Crippen LogP contribution is -2.58. The summed E-state index contributed by atoms with van der Waals surface area (Å²) < 4.78 is 7.88. The lowest BCUT2D eigenvalue weighted by molar-refractivity contribution is -0.134. The summed E-state index contributed by atoms with van der Waals surface area (Å²) in [6.45, 7) is 4.42. The average molecular weight is 524 g/mol. The van der Waals surface area contributed by atoms with Gasteiger partial charge in [-0.2, -0.15) is 4.98 Å². The molecule has 200 valence electrons. The van der Waals surface area contributed by atoms with Crippen molar-refractivity contribution in [2.45, 2.75) is 31.7 Å². The van der Waals surface area contributed by atoms with Crippen LogP contribution < -0.4 is 16.7 Å². The number of carbonyl (C=O) groups is 1. The van der Waals surface area contributed by atoms with E-state index in [9.17, 15) is 9.59 Å². The molecule has 1 amide bonds. The minimum absolute atomic E-state index is 0.249. The number of carbonyl (C=O) groups excluding carboxylic acids is 1. The predicted octanol–water partition coefficient (Wildman–Crippen LogP) is 3.66. The molecule has 3 aromatic carbocycles. The first-order valence-corrected chi connectivity index (χ1v) is 13.1. The number of hydrogen-bond acceptors (Lipinski definition) is 6. The van der Waals surface area contributed by atoms with Crippen molar-refractivity contribution in [3.05, 3.63) is 130 Å². The fraction of sp³-hybridized carbons (Fsp3) is 0.258. The third-order valence-corrected chi connectivity index (χ3v) is 7.20. The molecule has 0 saturated carbocycles. The second-order valence-electron chi connectivity index (χ2n) is 9.81. The van der Waals surface area contributed by atoms with Gasteiger partial charge >= 0.3 is 5.69 Å². The largest absolute Gasteiger partial charge is 0.351 e. The number of aryl methyl sites for hydroxylation is 1. The second-order valence-corrected chi connectivity index (χ2v) is 9.81. The number of nitrogens with zero attached hydrogens (tertiary/aromatic N) is 3. The van der Waals surface area contributed by atoms with Crippen LogP contribution >= 0.6 is 0 Å². The molecule has 2 atom stereocenters. The number of amides is 1. The second kappa shape index (κ2) is 11.3. The van der Waals surface area contributed by atoms with E-state index in [1.807, 2.05) is 54.6 Å². The quantitative estimate of drug-likeness (QED) is 0.359. The molecule has 4 aromatic rings. The number of benzene rings is 3. The van der Waals surface area contributed by atoms with Crippen LogP contribution in [0.4, 0.5) is 5.82 Å². The average Bonchev–Trinajstić information content (AvgIpc) is 2.96. The maximum absolute atomic E-state index is 13.2. The predicted molar refractivity (Wildman–Crippen MR) is 151 cm³/mol.